The lowest BCUT2D eigenvalue weighted by Gasteiger charge is -1.94. The highest BCUT2D eigenvalue weighted by molar-refractivity contribution is 7.12. The fraction of sp³-hybridized carbons (Fsp3) is 1.00. The number of halogens is 3. The Labute approximate surface area is 53.7 Å². The molecule has 0 aromatic carbocycles. The standard InChI is InChI=1S/C2H4Cl3Si/c1-6(5)2(3)4/h2H,1H3. The second-order valence-electron chi connectivity index (χ2n) is 0.887. The van der Waals surface area contributed by atoms with Gasteiger partial charge in [0.15, 0.2) is 8.11 Å². The minimum atomic E-state index is -0.949. The summed E-state index contributed by atoms with van der Waals surface area (Å²) in [5, 5.41) is 0. The molecular weight excluding hydrogens is 158 g/mol. The molecule has 0 bridgehead atoms. The van der Waals surface area contributed by atoms with Crippen LogP contribution in [0.5, 0.6) is 0 Å². The largest absolute Gasteiger partial charge is 0.199 e. The summed E-state index contributed by atoms with van der Waals surface area (Å²) in [6.07, 6.45) is 0. The number of alkyl halides is 2. The van der Waals surface area contributed by atoms with Gasteiger partial charge in [-0.15, -0.1) is 23.2 Å². The third kappa shape index (κ3) is 3.28. The Morgan fingerprint density at radius 1 is 1.50 bits per heavy atom. The molecule has 37 valence electrons. The molecule has 0 amide bonds. The first-order valence-corrected chi connectivity index (χ1v) is 5.38. The second kappa shape index (κ2) is 3.14. The van der Waals surface area contributed by atoms with Crippen LogP contribution in [0.1, 0.15) is 0 Å². The van der Waals surface area contributed by atoms with Crippen molar-refractivity contribution in [2.75, 3.05) is 0 Å². The Morgan fingerprint density at radius 3 is 1.67 bits per heavy atom. The van der Waals surface area contributed by atoms with E-state index in [2.05, 4.69) is 0 Å². The first-order chi connectivity index (χ1) is 2.64. The van der Waals surface area contributed by atoms with E-state index in [4.69, 9.17) is 34.3 Å². The minimum Gasteiger partial charge on any atom is -0.166 e. The van der Waals surface area contributed by atoms with Gasteiger partial charge in [-0.1, -0.05) is 6.55 Å². The van der Waals surface area contributed by atoms with Crippen molar-refractivity contribution in [3.63, 3.8) is 0 Å². The van der Waals surface area contributed by atoms with Crippen LogP contribution in [-0.4, -0.2) is 12.6 Å². The summed E-state index contributed by atoms with van der Waals surface area (Å²) in [6.45, 7) is 1.84. The molecule has 4 heteroatoms. The molecule has 0 saturated heterocycles. The lowest BCUT2D eigenvalue weighted by atomic mass is 11.8. The number of hydrogen-bond acceptors (Lipinski definition) is 0. The van der Waals surface area contributed by atoms with E-state index in [1.807, 2.05) is 6.55 Å². The molecular formula is C2H4Cl3Si. The lowest BCUT2D eigenvalue weighted by Crippen LogP contribution is -2.06. The maximum Gasteiger partial charge on any atom is 0.199 e. The number of hydrogen-bond donors (Lipinski definition) is 0. The van der Waals surface area contributed by atoms with Crippen molar-refractivity contribution in [1.82, 2.24) is 0 Å². The summed E-state index contributed by atoms with van der Waals surface area (Å²) >= 11 is 16.0. The molecule has 0 nitrogen and oxygen atoms in total. The SMILES string of the molecule is C[Si](Cl)C(Cl)Cl. The van der Waals surface area contributed by atoms with Crippen LogP contribution in [0.2, 0.25) is 6.55 Å². The van der Waals surface area contributed by atoms with Gasteiger partial charge in [0, 0.05) is 0 Å². The molecule has 0 aliphatic rings. The van der Waals surface area contributed by atoms with Crippen molar-refractivity contribution in [3.05, 3.63) is 0 Å². The summed E-state index contributed by atoms with van der Waals surface area (Å²) in [4.78, 5) is 0. The summed E-state index contributed by atoms with van der Waals surface area (Å²) in [7, 11) is -0.949. The van der Waals surface area contributed by atoms with Gasteiger partial charge in [-0.2, -0.15) is 11.1 Å². The lowest BCUT2D eigenvalue weighted by molar-refractivity contribution is 1.84. The predicted molar refractivity (Wildman–Crippen MR) is 33.0 cm³/mol. The van der Waals surface area contributed by atoms with Crippen molar-refractivity contribution >= 4 is 42.4 Å². The molecule has 0 aliphatic heterocycles. The predicted octanol–water partition coefficient (Wildman–Crippen LogP) is 2.19. The molecule has 0 fully saturated rings. The van der Waals surface area contributed by atoms with Gasteiger partial charge in [-0.05, 0) is 0 Å². The first kappa shape index (κ1) is 7.09. The minimum absolute atomic E-state index is 0.336. The molecule has 1 radical (unpaired) electrons. The van der Waals surface area contributed by atoms with Crippen LogP contribution in [0.25, 0.3) is 0 Å². The Bertz CT molecular complexity index is 29.8. The van der Waals surface area contributed by atoms with Crippen LogP contribution in [0.4, 0.5) is 0 Å². The van der Waals surface area contributed by atoms with Gasteiger partial charge in [-0.25, -0.2) is 0 Å². The van der Waals surface area contributed by atoms with Gasteiger partial charge in [0.1, 0.15) is 4.46 Å². The van der Waals surface area contributed by atoms with Crippen molar-refractivity contribution in [1.29, 1.82) is 0 Å². The number of rotatable bonds is 1. The molecule has 0 aromatic heterocycles. The normalized spacial score (nSPS) is 11.0. The molecule has 0 spiro atoms. The molecule has 0 heterocycles. The Kier molecular flexibility index (Phi) is 3.70. The molecule has 0 saturated carbocycles. The summed E-state index contributed by atoms with van der Waals surface area (Å²) in [5.74, 6) is 0. The summed E-state index contributed by atoms with van der Waals surface area (Å²) in [5.41, 5.74) is 0. The second-order valence-corrected chi connectivity index (χ2v) is 6.26. The monoisotopic (exact) mass is 161 g/mol. The topological polar surface area (TPSA) is 0 Å². The van der Waals surface area contributed by atoms with Crippen molar-refractivity contribution in [3.8, 4) is 0 Å². The first-order valence-electron chi connectivity index (χ1n) is 1.41. The van der Waals surface area contributed by atoms with Gasteiger partial charge in [0.05, 0.1) is 0 Å². The smallest absolute Gasteiger partial charge is 0.166 e. The van der Waals surface area contributed by atoms with Crippen molar-refractivity contribution < 1.29 is 0 Å². The van der Waals surface area contributed by atoms with Crippen molar-refractivity contribution in [2.45, 2.75) is 11.0 Å². The maximum absolute atomic E-state index is 5.45. The van der Waals surface area contributed by atoms with Gasteiger partial charge in [0.25, 0.3) is 0 Å². The van der Waals surface area contributed by atoms with E-state index in [9.17, 15) is 0 Å². The van der Waals surface area contributed by atoms with Crippen LogP contribution in [0.15, 0.2) is 0 Å². The Hall–Kier alpha value is 1.09. The third-order valence-corrected chi connectivity index (χ3v) is 4.19. The highest BCUT2D eigenvalue weighted by Crippen LogP contribution is 2.08. The maximum atomic E-state index is 5.45. The van der Waals surface area contributed by atoms with Gasteiger partial charge < -0.3 is 0 Å². The van der Waals surface area contributed by atoms with E-state index in [-0.39, 0.29) is 4.46 Å². The summed E-state index contributed by atoms with van der Waals surface area (Å²) < 4.78 is -0.336. The van der Waals surface area contributed by atoms with Crippen LogP contribution in [-0.2, 0) is 0 Å². The molecule has 0 unspecified atom stereocenters. The molecule has 0 aliphatic carbocycles. The average Bonchev–Trinajstić information content (AvgIpc) is 1.36. The van der Waals surface area contributed by atoms with E-state index in [1.165, 1.54) is 0 Å². The van der Waals surface area contributed by atoms with Crippen LogP contribution in [0, 0.1) is 0 Å². The van der Waals surface area contributed by atoms with Gasteiger partial charge in [-0.3, -0.25) is 0 Å². The van der Waals surface area contributed by atoms with E-state index >= 15 is 0 Å². The third-order valence-electron chi connectivity index (χ3n) is 0.301. The van der Waals surface area contributed by atoms with E-state index in [0.717, 1.165) is 0 Å². The van der Waals surface area contributed by atoms with Gasteiger partial charge in [0.2, 0.25) is 0 Å². The highest BCUT2D eigenvalue weighted by atomic mass is 35.6. The zero-order chi connectivity index (χ0) is 5.15. The quantitative estimate of drug-likeness (QED) is 0.315. The Morgan fingerprint density at radius 2 is 1.67 bits per heavy atom. The average molecular weight is 162 g/mol. The van der Waals surface area contributed by atoms with Crippen LogP contribution >= 0.6 is 34.3 Å². The molecule has 0 rings (SSSR count). The zero-order valence-electron chi connectivity index (χ0n) is 3.21. The zero-order valence-corrected chi connectivity index (χ0v) is 6.48. The van der Waals surface area contributed by atoms with E-state index < -0.39 is 8.11 Å². The van der Waals surface area contributed by atoms with Crippen molar-refractivity contribution in [2.24, 2.45) is 0 Å². The molecule has 0 aromatic rings. The van der Waals surface area contributed by atoms with E-state index in [0.29, 0.717) is 0 Å². The molecule has 0 atom stereocenters. The van der Waals surface area contributed by atoms with Crippen LogP contribution < -0.4 is 0 Å². The van der Waals surface area contributed by atoms with E-state index in [1.54, 1.807) is 0 Å². The van der Waals surface area contributed by atoms with Gasteiger partial charge >= 0.3 is 0 Å². The molecule has 6 heavy (non-hydrogen) atoms. The molecule has 0 N–H and O–H groups in total. The summed E-state index contributed by atoms with van der Waals surface area (Å²) in [6, 6.07) is 0. The highest BCUT2D eigenvalue weighted by Gasteiger charge is 2.08. The Balaban J connectivity index is 2.99. The fourth-order valence-corrected chi connectivity index (χ4v) is 0. The van der Waals surface area contributed by atoms with Crippen LogP contribution in [0.3, 0.4) is 0 Å². The fourth-order valence-electron chi connectivity index (χ4n) is 0.